The number of rotatable bonds is 3. The molecular weight excluding hydrogens is 240 g/mol. The molecule has 0 unspecified atom stereocenters. The van der Waals surface area contributed by atoms with Gasteiger partial charge in [-0.2, -0.15) is 5.10 Å². The van der Waals surface area contributed by atoms with E-state index < -0.39 is 0 Å². The summed E-state index contributed by atoms with van der Waals surface area (Å²) in [5, 5.41) is 14.3. The molecule has 2 rings (SSSR count). The van der Waals surface area contributed by atoms with Crippen molar-refractivity contribution in [3.05, 3.63) is 39.1 Å². The molecule has 0 aliphatic carbocycles. The molecule has 0 aliphatic rings. The fourth-order valence-electron chi connectivity index (χ4n) is 1.82. The summed E-state index contributed by atoms with van der Waals surface area (Å²) in [6.07, 6.45) is 0.275. The van der Waals surface area contributed by atoms with Gasteiger partial charge in [0.05, 0.1) is 5.52 Å². The zero-order chi connectivity index (χ0) is 12.4. The van der Waals surface area contributed by atoms with Crippen molar-refractivity contribution in [2.24, 2.45) is 0 Å². The van der Waals surface area contributed by atoms with Crippen LogP contribution in [0.5, 0.6) is 0 Å². The van der Waals surface area contributed by atoms with Crippen LogP contribution in [-0.4, -0.2) is 21.5 Å². The van der Waals surface area contributed by atoms with E-state index in [1.54, 1.807) is 22.9 Å². The topological polar surface area (TPSA) is 55.1 Å². The second kappa shape index (κ2) is 4.85. The highest BCUT2D eigenvalue weighted by Crippen LogP contribution is 2.16. The average molecular weight is 253 g/mol. The predicted molar refractivity (Wildman–Crippen MR) is 67.5 cm³/mol. The lowest BCUT2D eigenvalue weighted by Gasteiger charge is -2.09. The largest absolute Gasteiger partial charge is 0.396 e. The Labute approximate surface area is 103 Å². The average Bonchev–Trinajstić information content (AvgIpc) is 2.33. The second-order valence-electron chi connectivity index (χ2n) is 3.73. The van der Waals surface area contributed by atoms with Gasteiger partial charge in [0.15, 0.2) is 0 Å². The van der Waals surface area contributed by atoms with Gasteiger partial charge in [-0.25, -0.2) is 0 Å². The van der Waals surface area contributed by atoms with Crippen LogP contribution in [0.25, 0.3) is 10.9 Å². The molecule has 1 N–H and O–H groups in total. The van der Waals surface area contributed by atoms with Gasteiger partial charge in [0.1, 0.15) is 5.69 Å². The van der Waals surface area contributed by atoms with Crippen LogP contribution in [0.3, 0.4) is 0 Å². The molecule has 0 spiro atoms. The second-order valence-corrected chi connectivity index (χ2v) is 4.16. The lowest BCUT2D eigenvalue weighted by Crippen LogP contribution is -2.19. The van der Waals surface area contributed by atoms with Crippen LogP contribution in [0.2, 0.25) is 5.02 Å². The first-order valence-electron chi connectivity index (χ1n) is 5.47. The summed E-state index contributed by atoms with van der Waals surface area (Å²) < 4.78 is 1.73. The monoisotopic (exact) mass is 252 g/mol. The summed E-state index contributed by atoms with van der Waals surface area (Å²) in [6, 6.07) is 5.13. The molecule has 5 heteroatoms. The Bertz CT molecular complexity index is 607. The van der Waals surface area contributed by atoms with Gasteiger partial charge < -0.3 is 5.11 Å². The van der Waals surface area contributed by atoms with Crippen molar-refractivity contribution < 1.29 is 5.11 Å². The molecule has 4 nitrogen and oxygen atoms in total. The number of fused-ring (bicyclic) bond motifs is 1. The van der Waals surface area contributed by atoms with Crippen LogP contribution in [0.15, 0.2) is 23.0 Å². The van der Waals surface area contributed by atoms with Crippen LogP contribution < -0.4 is 5.43 Å². The first-order chi connectivity index (χ1) is 8.17. The number of hydrogen-bond acceptors (Lipinski definition) is 3. The van der Waals surface area contributed by atoms with E-state index in [1.165, 1.54) is 0 Å². The maximum absolute atomic E-state index is 12.1. The third-order valence-corrected chi connectivity index (χ3v) is 2.87. The van der Waals surface area contributed by atoms with E-state index in [2.05, 4.69) is 5.10 Å². The number of benzene rings is 1. The molecule has 1 aromatic carbocycles. The molecule has 0 saturated carbocycles. The number of aryl methyl sites for hydroxylation is 1. The van der Waals surface area contributed by atoms with E-state index in [4.69, 9.17) is 16.7 Å². The SMILES string of the molecule is CCn1nc(CCO)c(=O)c2ccc(Cl)cc21. The van der Waals surface area contributed by atoms with Crippen molar-refractivity contribution in [3.63, 3.8) is 0 Å². The first-order valence-corrected chi connectivity index (χ1v) is 5.85. The Morgan fingerprint density at radius 3 is 2.88 bits per heavy atom. The Balaban J connectivity index is 2.80. The van der Waals surface area contributed by atoms with Gasteiger partial charge in [0, 0.05) is 30.0 Å². The van der Waals surface area contributed by atoms with Gasteiger partial charge >= 0.3 is 0 Å². The molecular formula is C12H13ClN2O2. The molecule has 1 heterocycles. The minimum absolute atomic E-state index is 0.0783. The minimum Gasteiger partial charge on any atom is -0.396 e. The molecule has 0 fully saturated rings. The summed E-state index contributed by atoms with van der Waals surface area (Å²) in [5.74, 6) is 0. The summed E-state index contributed by atoms with van der Waals surface area (Å²) in [7, 11) is 0. The maximum atomic E-state index is 12.1. The van der Waals surface area contributed by atoms with Crippen molar-refractivity contribution >= 4 is 22.5 Å². The highest BCUT2D eigenvalue weighted by molar-refractivity contribution is 6.31. The van der Waals surface area contributed by atoms with Crippen molar-refractivity contribution in [2.45, 2.75) is 19.9 Å². The fourth-order valence-corrected chi connectivity index (χ4v) is 1.99. The van der Waals surface area contributed by atoms with E-state index in [-0.39, 0.29) is 18.5 Å². The van der Waals surface area contributed by atoms with Crippen LogP contribution in [0, 0.1) is 0 Å². The van der Waals surface area contributed by atoms with Gasteiger partial charge in [0.2, 0.25) is 5.43 Å². The molecule has 2 aromatic rings. The van der Waals surface area contributed by atoms with E-state index in [0.29, 0.717) is 22.6 Å². The van der Waals surface area contributed by atoms with Crippen LogP contribution >= 0.6 is 11.6 Å². The van der Waals surface area contributed by atoms with Crippen molar-refractivity contribution in [1.82, 2.24) is 9.78 Å². The fraction of sp³-hybridized carbons (Fsp3) is 0.333. The van der Waals surface area contributed by atoms with Gasteiger partial charge in [-0.1, -0.05) is 11.6 Å². The number of aromatic nitrogens is 2. The summed E-state index contributed by atoms with van der Waals surface area (Å²) in [5.41, 5.74) is 0.992. The third kappa shape index (κ3) is 2.18. The predicted octanol–water partition coefficient (Wildman–Crippen LogP) is 1.60. The molecule has 17 heavy (non-hydrogen) atoms. The van der Waals surface area contributed by atoms with Gasteiger partial charge in [-0.3, -0.25) is 9.48 Å². The molecule has 0 amide bonds. The molecule has 0 radical (unpaired) electrons. The zero-order valence-corrected chi connectivity index (χ0v) is 10.2. The summed E-state index contributed by atoms with van der Waals surface area (Å²) >= 11 is 5.92. The summed E-state index contributed by atoms with van der Waals surface area (Å²) in [6.45, 7) is 2.52. The Morgan fingerprint density at radius 1 is 1.47 bits per heavy atom. The van der Waals surface area contributed by atoms with Crippen molar-refractivity contribution in [3.8, 4) is 0 Å². The lowest BCUT2D eigenvalue weighted by atomic mass is 10.1. The third-order valence-electron chi connectivity index (χ3n) is 2.63. The lowest BCUT2D eigenvalue weighted by molar-refractivity contribution is 0.297. The number of nitrogens with zero attached hydrogens (tertiary/aromatic N) is 2. The van der Waals surface area contributed by atoms with E-state index in [9.17, 15) is 4.79 Å². The minimum atomic E-state index is -0.129. The van der Waals surface area contributed by atoms with E-state index in [1.807, 2.05) is 6.92 Å². The standard InChI is InChI=1S/C12H13ClN2O2/c1-2-15-11-7-8(13)3-4-9(11)12(17)10(14-15)5-6-16/h3-4,7,16H,2,5-6H2,1H3. The summed E-state index contributed by atoms with van der Waals surface area (Å²) in [4.78, 5) is 12.1. The zero-order valence-electron chi connectivity index (χ0n) is 9.48. The van der Waals surface area contributed by atoms with Gasteiger partial charge in [-0.05, 0) is 25.1 Å². The normalized spacial score (nSPS) is 11.0. The molecule has 0 bridgehead atoms. The highest BCUT2D eigenvalue weighted by atomic mass is 35.5. The maximum Gasteiger partial charge on any atom is 0.211 e. The van der Waals surface area contributed by atoms with Crippen molar-refractivity contribution in [2.75, 3.05) is 6.61 Å². The van der Waals surface area contributed by atoms with Crippen LogP contribution in [-0.2, 0) is 13.0 Å². The van der Waals surface area contributed by atoms with Crippen molar-refractivity contribution in [1.29, 1.82) is 0 Å². The first kappa shape index (κ1) is 12.1. The number of aliphatic hydroxyl groups is 1. The quantitative estimate of drug-likeness (QED) is 0.903. The molecule has 90 valence electrons. The van der Waals surface area contributed by atoms with Gasteiger partial charge in [0.25, 0.3) is 0 Å². The number of halogens is 1. The van der Waals surface area contributed by atoms with E-state index in [0.717, 1.165) is 5.52 Å². The molecule has 1 aromatic heterocycles. The molecule has 0 saturated heterocycles. The number of hydrogen-bond donors (Lipinski definition) is 1. The highest BCUT2D eigenvalue weighted by Gasteiger charge is 2.09. The van der Waals surface area contributed by atoms with E-state index >= 15 is 0 Å². The van der Waals surface area contributed by atoms with Crippen LogP contribution in [0.1, 0.15) is 12.6 Å². The van der Waals surface area contributed by atoms with Crippen LogP contribution in [0.4, 0.5) is 0 Å². The van der Waals surface area contributed by atoms with Gasteiger partial charge in [-0.15, -0.1) is 0 Å². The Hall–Kier alpha value is -1.39. The smallest absolute Gasteiger partial charge is 0.211 e. The number of aliphatic hydroxyl groups excluding tert-OH is 1. The molecule has 0 aliphatic heterocycles. The molecule has 0 atom stereocenters. The Morgan fingerprint density at radius 2 is 2.24 bits per heavy atom. The Kier molecular flexibility index (Phi) is 3.45.